The fraction of sp³-hybridized carbons (Fsp3) is 0.462. The number of methoxy groups -OCH3 is 1. The van der Waals surface area contributed by atoms with Crippen LogP contribution in [0.1, 0.15) is 91.3 Å². The highest BCUT2D eigenvalue weighted by Crippen LogP contribution is 2.48. The zero-order chi connectivity index (χ0) is 22.1. The van der Waals surface area contributed by atoms with E-state index in [-0.39, 0.29) is 16.6 Å². The lowest BCUT2D eigenvalue weighted by atomic mass is 9.62. The molecule has 0 fully saturated rings. The van der Waals surface area contributed by atoms with Crippen molar-refractivity contribution in [1.29, 1.82) is 0 Å². The molecule has 1 aliphatic rings. The first kappa shape index (κ1) is 22.1. The van der Waals surface area contributed by atoms with Crippen LogP contribution in [-0.2, 0) is 15.6 Å². The molecule has 0 saturated carbocycles. The molecule has 0 N–H and O–H groups in total. The van der Waals surface area contributed by atoms with Gasteiger partial charge in [0.25, 0.3) is 0 Å². The molecule has 0 amide bonds. The Hall–Kier alpha value is -2.62. The van der Waals surface area contributed by atoms with Gasteiger partial charge in [0.15, 0.2) is 5.78 Å². The number of carbonyl (C=O) groups is 2. The summed E-state index contributed by atoms with van der Waals surface area (Å²) in [5.41, 5.74) is 4.05. The lowest BCUT2D eigenvalue weighted by Gasteiger charge is -2.42. The van der Waals surface area contributed by atoms with Gasteiger partial charge in [0.05, 0.1) is 24.8 Å². The number of esters is 1. The van der Waals surface area contributed by atoms with E-state index in [9.17, 15) is 9.59 Å². The van der Waals surface area contributed by atoms with E-state index >= 15 is 0 Å². The van der Waals surface area contributed by atoms with Gasteiger partial charge in [0.1, 0.15) is 5.75 Å². The molecular formula is C26H32O4. The van der Waals surface area contributed by atoms with Crippen LogP contribution in [0.2, 0.25) is 0 Å². The van der Waals surface area contributed by atoms with Gasteiger partial charge in [-0.25, -0.2) is 4.79 Å². The van der Waals surface area contributed by atoms with Gasteiger partial charge in [0.2, 0.25) is 0 Å². The molecule has 0 radical (unpaired) electrons. The van der Waals surface area contributed by atoms with Crippen LogP contribution in [0, 0.1) is 0 Å². The second-order valence-electron chi connectivity index (χ2n) is 9.41. The molecule has 1 aliphatic carbocycles. The molecular weight excluding hydrogens is 376 g/mol. The highest BCUT2D eigenvalue weighted by Gasteiger charge is 2.38. The molecule has 0 saturated heterocycles. The van der Waals surface area contributed by atoms with Crippen molar-refractivity contribution in [3.8, 4) is 5.75 Å². The Morgan fingerprint density at radius 1 is 0.900 bits per heavy atom. The number of fused-ring (bicyclic) bond motifs is 1. The van der Waals surface area contributed by atoms with Gasteiger partial charge >= 0.3 is 5.97 Å². The van der Waals surface area contributed by atoms with Crippen molar-refractivity contribution in [2.75, 3.05) is 13.7 Å². The van der Waals surface area contributed by atoms with E-state index in [2.05, 4.69) is 40.7 Å². The first-order valence-corrected chi connectivity index (χ1v) is 10.7. The summed E-state index contributed by atoms with van der Waals surface area (Å²) in [5, 5.41) is 0. The summed E-state index contributed by atoms with van der Waals surface area (Å²) in [6, 6.07) is 10.7. The number of rotatable bonds is 6. The van der Waals surface area contributed by atoms with Crippen molar-refractivity contribution in [2.45, 2.75) is 64.7 Å². The Bertz CT molecular complexity index is 952. The molecule has 4 nitrogen and oxygen atoms in total. The third-order valence-corrected chi connectivity index (χ3v) is 6.23. The van der Waals surface area contributed by atoms with Crippen LogP contribution >= 0.6 is 0 Å². The van der Waals surface area contributed by atoms with Crippen molar-refractivity contribution in [2.24, 2.45) is 0 Å². The van der Waals surface area contributed by atoms with E-state index in [1.807, 2.05) is 6.07 Å². The zero-order valence-electron chi connectivity index (χ0n) is 18.9. The van der Waals surface area contributed by atoms with E-state index in [0.29, 0.717) is 29.0 Å². The molecule has 160 valence electrons. The number of ketones is 1. The lowest BCUT2D eigenvalue weighted by molar-refractivity contribution is 0.0600. The molecule has 30 heavy (non-hydrogen) atoms. The van der Waals surface area contributed by atoms with Crippen LogP contribution in [0.3, 0.4) is 0 Å². The molecule has 2 aromatic carbocycles. The molecule has 0 atom stereocenters. The van der Waals surface area contributed by atoms with Crippen LogP contribution in [0.25, 0.3) is 0 Å². The number of benzene rings is 2. The maximum Gasteiger partial charge on any atom is 0.337 e. The third-order valence-electron chi connectivity index (χ3n) is 6.23. The average molecular weight is 409 g/mol. The monoisotopic (exact) mass is 408 g/mol. The van der Waals surface area contributed by atoms with E-state index < -0.39 is 5.97 Å². The average Bonchev–Trinajstić information content (AvgIpc) is 2.74. The van der Waals surface area contributed by atoms with Crippen LogP contribution in [0.15, 0.2) is 36.4 Å². The summed E-state index contributed by atoms with van der Waals surface area (Å²) in [6.45, 7) is 11.6. The number of hydrogen-bond donors (Lipinski definition) is 0. The summed E-state index contributed by atoms with van der Waals surface area (Å²) < 4.78 is 10.8. The highest BCUT2D eigenvalue weighted by atomic mass is 16.5. The zero-order valence-corrected chi connectivity index (χ0v) is 18.9. The largest absolute Gasteiger partial charge is 0.493 e. The van der Waals surface area contributed by atoms with Gasteiger partial charge in [-0.05, 0) is 65.5 Å². The van der Waals surface area contributed by atoms with Gasteiger partial charge in [-0.2, -0.15) is 0 Å². The van der Waals surface area contributed by atoms with Crippen LogP contribution in [-0.4, -0.2) is 25.5 Å². The van der Waals surface area contributed by atoms with Gasteiger partial charge in [-0.15, -0.1) is 0 Å². The molecule has 2 aromatic rings. The second kappa shape index (κ2) is 8.25. The highest BCUT2D eigenvalue weighted by molar-refractivity contribution is 6.11. The molecule has 3 rings (SSSR count). The minimum Gasteiger partial charge on any atom is -0.493 e. The Balaban J connectivity index is 2.10. The summed E-state index contributed by atoms with van der Waals surface area (Å²) >= 11 is 0. The number of carbonyl (C=O) groups excluding carboxylic acids is 2. The third kappa shape index (κ3) is 4.14. The maximum absolute atomic E-state index is 13.4. The Morgan fingerprint density at radius 3 is 1.97 bits per heavy atom. The molecule has 4 heteroatoms. The lowest BCUT2D eigenvalue weighted by Crippen LogP contribution is -2.34. The molecule has 0 aliphatic heterocycles. The van der Waals surface area contributed by atoms with Crippen LogP contribution in [0.4, 0.5) is 0 Å². The topological polar surface area (TPSA) is 52.6 Å². The van der Waals surface area contributed by atoms with Gasteiger partial charge < -0.3 is 9.47 Å². The predicted molar refractivity (Wildman–Crippen MR) is 119 cm³/mol. The SMILES string of the molecule is CCCOc1cc2c(cc1C(=O)c1ccc(C(=O)OC)cc1)C(C)(C)CCC2(C)C. The molecule has 0 bridgehead atoms. The standard InChI is InChI=1S/C26H32O4/c1-7-14-30-22-16-21-20(25(2,3)12-13-26(21,4)5)15-19(22)23(27)17-8-10-18(11-9-17)24(28)29-6/h8-11,15-16H,7,12-14H2,1-6H3. The molecule has 0 unspecified atom stereocenters. The fourth-order valence-corrected chi connectivity index (χ4v) is 4.13. The van der Waals surface area contributed by atoms with Gasteiger partial charge in [0, 0.05) is 5.56 Å². The summed E-state index contributed by atoms with van der Waals surface area (Å²) in [4.78, 5) is 25.1. The van der Waals surface area contributed by atoms with Gasteiger partial charge in [-0.1, -0.05) is 46.8 Å². The summed E-state index contributed by atoms with van der Waals surface area (Å²) in [5.74, 6) is 0.127. The predicted octanol–water partition coefficient (Wildman–Crippen LogP) is 5.84. The Labute approximate surface area is 179 Å². The number of ether oxygens (including phenoxy) is 2. The molecule has 0 spiro atoms. The first-order chi connectivity index (χ1) is 14.1. The molecule has 0 heterocycles. The summed E-state index contributed by atoms with van der Waals surface area (Å²) in [7, 11) is 1.34. The second-order valence-corrected chi connectivity index (χ2v) is 9.41. The fourth-order valence-electron chi connectivity index (χ4n) is 4.13. The van der Waals surface area contributed by atoms with Crippen LogP contribution < -0.4 is 4.74 Å². The molecule has 0 aromatic heterocycles. The Morgan fingerprint density at radius 2 is 1.43 bits per heavy atom. The van der Waals surface area contributed by atoms with E-state index in [1.54, 1.807) is 24.3 Å². The van der Waals surface area contributed by atoms with Crippen molar-refractivity contribution in [3.63, 3.8) is 0 Å². The summed E-state index contributed by atoms with van der Waals surface area (Å²) in [6.07, 6.45) is 3.04. The Kier molecular flexibility index (Phi) is 6.07. The quantitative estimate of drug-likeness (QED) is 0.445. The van der Waals surface area contributed by atoms with Crippen molar-refractivity contribution < 1.29 is 19.1 Å². The minimum atomic E-state index is -0.418. The van der Waals surface area contributed by atoms with Crippen molar-refractivity contribution in [1.82, 2.24) is 0 Å². The van der Waals surface area contributed by atoms with Crippen LogP contribution in [0.5, 0.6) is 5.75 Å². The maximum atomic E-state index is 13.4. The van der Waals surface area contributed by atoms with Crippen molar-refractivity contribution >= 4 is 11.8 Å². The first-order valence-electron chi connectivity index (χ1n) is 10.7. The number of hydrogen-bond acceptors (Lipinski definition) is 4. The van der Waals surface area contributed by atoms with E-state index in [4.69, 9.17) is 9.47 Å². The normalized spacial score (nSPS) is 16.5. The van der Waals surface area contributed by atoms with E-state index in [0.717, 1.165) is 19.3 Å². The van der Waals surface area contributed by atoms with E-state index in [1.165, 1.54) is 18.2 Å². The van der Waals surface area contributed by atoms with Gasteiger partial charge in [-0.3, -0.25) is 4.79 Å². The minimum absolute atomic E-state index is 0.00207. The van der Waals surface area contributed by atoms with Crippen molar-refractivity contribution in [3.05, 3.63) is 64.2 Å². The smallest absolute Gasteiger partial charge is 0.337 e.